The molecule has 194 valence electrons. The smallest absolute Gasteiger partial charge is 0.305 e. The van der Waals surface area contributed by atoms with Gasteiger partial charge in [-0.3, -0.25) is 9.59 Å². The lowest BCUT2D eigenvalue weighted by atomic mass is 10.0. The molecule has 0 rings (SSSR count). The van der Waals surface area contributed by atoms with E-state index >= 15 is 0 Å². The number of hydrogen-bond donors (Lipinski definition) is 1. The predicted molar refractivity (Wildman–Crippen MR) is 140 cm³/mol. The molecular formula is C29H54O4. The number of carbonyl (C=O) groups excluding carboxylic acids is 1. The number of carboxylic acid groups (broad SMARTS) is 1. The molecular weight excluding hydrogens is 412 g/mol. The van der Waals surface area contributed by atoms with Crippen LogP contribution in [0, 0.1) is 0 Å². The lowest BCUT2D eigenvalue weighted by Crippen LogP contribution is -2.05. The summed E-state index contributed by atoms with van der Waals surface area (Å²) >= 11 is 0. The molecule has 4 nitrogen and oxygen atoms in total. The van der Waals surface area contributed by atoms with Crippen molar-refractivity contribution < 1.29 is 19.4 Å². The molecule has 0 fully saturated rings. The van der Waals surface area contributed by atoms with E-state index in [1.54, 1.807) is 0 Å². The molecule has 0 aromatic heterocycles. The van der Waals surface area contributed by atoms with Gasteiger partial charge < -0.3 is 9.84 Å². The second-order valence-corrected chi connectivity index (χ2v) is 9.53. The third-order valence-corrected chi connectivity index (χ3v) is 6.19. The number of hydrogen-bond acceptors (Lipinski definition) is 3. The van der Waals surface area contributed by atoms with Crippen LogP contribution in [0.4, 0.5) is 0 Å². The van der Waals surface area contributed by atoms with Crippen LogP contribution >= 0.6 is 0 Å². The number of allylic oxidation sites excluding steroid dienone is 2. The summed E-state index contributed by atoms with van der Waals surface area (Å²) in [5.74, 6) is -0.692. The highest BCUT2D eigenvalue weighted by molar-refractivity contribution is 5.69. The van der Waals surface area contributed by atoms with Crippen molar-refractivity contribution in [2.45, 2.75) is 155 Å². The summed E-state index contributed by atoms with van der Waals surface area (Å²) in [5.41, 5.74) is 0. The molecule has 0 aliphatic rings. The Morgan fingerprint density at radius 2 is 1.00 bits per heavy atom. The van der Waals surface area contributed by atoms with Crippen LogP contribution < -0.4 is 0 Å². The molecule has 0 unspecified atom stereocenters. The Hall–Kier alpha value is -1.32. The van der Waals surface area contributed by atoms with Gasteiger partial charge in [-0.15, -0.1) is 0 Å². The van der Waals surface area contributed by atoms with Gasteiger partial charge in [-0.25, -0.2) is 0 Å². The highest BCUT2D eigenvalue weighted by atomic mass is 16.5. The van der Waals surface area contributed by atoms with E-state index in [0.717, 1.165) is 38.5 Å². The molecule has 0 aliphatic heterocycles. The zero-order valence-corrected chi connectivity index (χ0v) is 21.8. The molecule has 0 saturated heterocycles. The third kappa shape index (κ3) is 28.6. The van der Waals surface area contributed by atoms with Gasteiger partial charge in [-0.2, -0.15) is 0 Å². The number of esters is 1. The number of rotatable bonds is 26. The SMILES string of the molecule is CCCC/C=C\CCCCCCCC(=O)OCCCCCCCCCCCCCCC(=O)O. The maximum absolute atomic E-state index is 11.8. The van der Waals surface area contributed by atoms with E-state index in [9.17, 15) is 9.59 Å². The predicted octanol–water partition coefficient (Wildman–Crippen LogP) is 9.16. The van der Waals surface area contributed by atoms with Crippen molar-refractivity contribution in [3.05, 3.63) is 12.2 Å². The lowest BCUT2D eigenvalue weighted by Gasteiger charge is -2.05. The van der Waals surface area contributed by atoms with Gasteiger partial charge in [0.15, 0.2) is 0 Å². The maximum atomic E-state index is 11.8. The van der Waals surface area contributed by atoms with Gasteiger partial charge in [0.25, 0.3) is 0 Å². The Morgan fingerprint density at radius 3 is 1.52 bits per heavy atom. The number of ether oxygens (including phenoxy) is 1. The van der Waals surface area contributed by atoms with Crippen LogP contribution in [0.2, 0.25) is 0 Å². The van der Waals surface area contributed by atoms with Crippen molar-refractivity contribution in [1.82, 2.24) is 0 Å². The first-order chi connectivity index (χ1) is 16.2. The second-order valence-electron chi connectivity index (χ2n) is 9.53. The molecule has 0 bridgehead atoms. The van der Waals surface area contributed by atoms with Crippen LogP contribution in [-0.4, -0.2) is 23.7 Å². The van der Waals surface area contributed by atoms with E-state index < -0.39 is 5.97 Å². The highest BCUT2D eigenvalue weighted by Crippen LogP contribution is 2.13. The maximum Gasteiger partial charge on any atom is 0.305 e. The standard InChI is InChI=1S/C29H54O4/c1-2-3-4-5-6-7-10-14-17-20-23-26-29(32)33-27-24-21-18-15-12-9-8-11-13-16-19-22-25-28(30)31/h5-6H,2-4,7-27H2,1H3,(H,30,31)/b6-5-. The van der Waals surface area contributed by atoms with Crippen LogP contribution in [0.3, 0.4) is 0 Å². The van der Waals surface area contributed by atoms with Crippen LogP contribution in [0.25, 0.3) is 0 Å². The van der Waals surface area contributed by atoms with Crippen molar-refractivity contribution in [1.29, 1.82) is 0 Å². The fourth-order valence-corrected chi connectivity index (χ4v) is 4.02. The Labute approximate surface area is 204 Å². The summed E-state index contributed by atoms with van der Waals surface area (Å²) in [4.78, 5) is 22.2. The monoisotopic (exact) mass is 466 g/mol. The molecule has 0 aromatic rings. The van der Waals surface area contributed by atoms with Gasteiger partial charge >= 0.3 is 11.9 Å². The van der Waals surface area contributed by atoms with E-state index in [0.29, 0.717) is 19.4 Å². The molecule has 33 heavy (non-hydrogen) atoms. The van der Waals surface area contributed by atoms with Gasteiger partial charge in [0.05, 0.1) is 6.61 Å². The van der Waals surface area contributed by atoms with Crippen LogP contribution in [0.15, 0.2) is 12.2 Å². The number of aliphatic carboxylic acids is 1. The highest BCUT2D eigenvalue weighted by Gasteiger charge is 2.02. The molecule has 0 radical (unpaired) electrons. The summed E-state index contributed by atoms with van der Waals surface area (Å²) in [5, 5.41) is 8.59. The molecule has 0 aliphatic carbocycles. The van der Waals surface area contributed by atoms with Gasteiger partial charge in [0.1, 0.15) is 0 Å². The molecule has 0 atom stereocenters. The Morgan fingerprint density at radius 1 is 0.576 bits per heavy atom. The van der Waals surface area contributed by atoms with Gasteiger partial charge in [0, 0.05) is 12.8 Å². The lowest BCUT2D eigenvalue weighted by molar-refractivity contribution is -0.144. The van der Waals surface area contributed by atoms with E-state index in [4.69, 9.17) is 9.84 Å². The minimum absolute atomic E-state index is 0.0168. The zero-order chi connectivity index (χ0) is 24.2. The van der Waals surface area contributed by atoms with Crippen molar-refractivity contribution in [2.75, 3.05) is 6.61 Å². The average molecular weight is 467 g/mol. The van der Waals surface area contributed by atoms with Crippen molar-refractivity contribution in [2.24, 2.45) is 0 Å². The van der Waals surface area contributed by atoms with Crippen LogP contribution in [0.5, 0.6) is 0 Å². The second kappa shape index (κ2) is 26.9. The molecule has 0 heterocycles. The van der Waals surface area contributed by atoms with Crippen molar-refractivity contribution in [3.63, 3.8) is 0 Å². The first-order valence-corrected chi connectivity index (χ1v) is 14.2. The summed E-state index contributed by atoms with van der Waals surface area (Å²) in [6, 6.07) is 0. The van der Waals surface area contributed by atoms with Crippen molar-refractivity contribution >= 4 is 11.9 Å². The number of carboxylic acids is 1. The molecule has 0 spiro atoms. The minimum atomic E-state index is -0.675. The van der Waals surface area contributed by atoms with E-state index in [2.05, 4.69) is 19.1 Å². The first-order valence-electron chi connectivity index (χ1n) is 14.2. The summed E-state index contributed by atoms with van der Waals surface area (Å²) in [7, 11) is 0. The molecule has 0 amide bonds. The van der Waals surface area contributed by atoms with Crippen LogP contribution in [-0.2, 0) is 14.3 Å². The van der Waals surface area contributed by atoms with Gasteiger partial charge in [-0.05, 0) is 38.5 Å². The quantitative estimate of drug-likeness (QED) is 0.0784. The van der Waals surface area contributed by atoms with E-state index in [-0.39, 0.29) is 5.97 Å². The Kier molecular flexibility index (Phi) is 25.9. The topological polar surface area (TPSA) is 63.6 Å². The fraction of sp³-hybridized carbons (Fsp3) is 0.862. The van der Waals surface area contributed by atoms with Crippen LogP contribution in [0.1, 0.15) is 155 Å². The largest absolute Gasteiger partial charge is 0.481 e. The van der Waals surface area contributed by atoms with E-state index in [1.165, 1.54) is 96.3 Å². The van der Waals surface area contributed by atoms with Gasteiger partial charge in [0.2, 0.25) is 0 Å². The fourth-order valence-electron chi connectivity index (χ4n) is 4.02. The first kappa shape index (κ1) is 31.7. The molecule has 1 N–H and O–H groups in total. The molecule has 4 heteroatoms. The van der Waals surface area contributed by atoms with Gasteiger partial charge in [-0.1, -0.05) is 115 Å². The van der Waals surface area contributed by atoms with Crippen molar-refractivity contribution in [3.8, 4) is 0 Å². The minimum Gasteiger partial charge on any atom is -0.481 e. The molecule has 0 aromatic carbocycles. The Balaban J connectivity index is 3.19. The number of carbonyl (C=O) groups is 2. The summed E-state index contributed by atoms with van der Waals surface area (Å²) in [6.45, 7) is 2.82. The average Bonchev–Trinajstić information content (AvgIpc) is 2.79. The third-order valence-electron chi connectivity index (χ3n) is 6.19. The molecule has 0 saturated carbocycles. The number of unbranched alkanes of at least 4 members (excludes halogenated alkanes) is 18. The normalized spacial score (nSPS) is 11.3. The summed E-state index contributed by atoms with van der Waals surface area (Å²) in [6.07, 6.45) is 30.5. The Bertz CT molecular complexity index is 459. The van der Waals surface area contributed by atoms with E-state index in [1.807, 2.05) is 0 Å². The zero-order valence-electron chi connectivity index (χ0n) is 21.8. The summed E-state index contributed by atoms with van der Waals surface area (Å²) < 4.78 is 5.37.